The highest BCUT2D eigenvalue weighted by molar-refractivity contribution is 7.14. The Morgan fingerprint density at radius 1 is 1.29 bits per heavy atom. The molecule has 0 spiro atoms. The van der Waals surface area contributed by atoms with E-state index in [0.29, 0.717) is 20.6 Å². The Labute approximate surface area is 113 Å². The Hall–Kier alpha value is -0.900. The predicted molar refractivity (Wildman–Crippen MR) is 72.3 cm³/mol. The first-order chi connectivity index (χ1) is 7.99. The predicted octanol–water partition coefficient (Wildman–Crippen LogP) is 4.63. The van der Waals surface area contributed by atoms with Crippen molar-refractivity contribution in [1.82, 2.24) is 4.98 Å². The van der Waals surface area contributed by atoms with Crippen LogP contribution in [-0.4, -0.2) is 10.8 Å². The van der Waals surface area contributed by atoms with Gasteiger partial charge in [0.1, 0.15) is 0 Å². The molecule has 0 saturated heterocycles. The molecule has 0 radical (unpaired) electrons. The van der Waals surface area contributed by atoms with E-state index < -0.39 is 0 Å². The molecule has 0 aliphatic carbocycles. The SMILES string of the molecule is CC(=O)c1sc(C)nc1-c1ccc(Cl)c(Cl)c1. The Morgan fingerprint density at radius 2 is 2.00 bits per heavy atom. The van der Waals surface area contributed by atoms with Crippen LogP contribution in [0.4, 0.5) is 0 Å². The molecule has 0 fully saturated rings. The highest BCUT2D eigenvalue weighted by Gasteiger charge is 2.15. The fraction of sp³-hybridized carbons (Fsp3) is 0.167. The van der Waals surface area contributed by atoms with E-state index in [0.717, 1.165) is 10.6 Å². The molecular formula is C12H9Cl2NOS. The Balaban J connectivity index is 2.59. The first kappa shape index (κ1) is 12.6. The molecule has 88 valence electrons. The molecule has 17 heavy (non-hydrogen) atoms. The molecule has 1 heterocycles. The molecule has 0 unspecified atom stereocenters. The summed E-state index contributed by atoms with van der Waals surface area (Å²) in [6.45, 7) is 3.41. The summed E-state index contributed by atoms with van der Waals surface area (Å²) in [5.41, 5.74) is 1.49. The van der Waals surface area contributed by atoms with E-state index in [2.05, 4.69) is 4.98 Å². The minimum Gasteiger partial charge on any atom is -0.294 e. The summed E-state index contributed by atoms with van der Waals surface area (Å²) >= 11 is 13.2. The van der Waals surface area contributed by atoms with E-state index in [-0.39, 0.29) is 5.78 Å². The van der Waals surface area contributed by atoms with Gasteiger partial charge in [0.15, 0.2) is 5.78 Å². The number of benzene rings is 1. The number of carbonyl (C=O) groups is 1. The fourth-order valence-electron chi connectivity index (χ4n) is 1.50. The summed E-state index contributed by atoms with van der Waals surface area (Å²) in [5, 5.41) is 1.81. The zero-order valence-electron chi connectivity index (χ0n) is 9.25. The lowest BCUT2D eigenvalue weighted by molar-refractivity contribution is 0.102. The zero-order valence-corrected chi connectivity index (χ0v) is 11.6. The van der Waals surface area contributed by atoms with Gasteiger partial charge in [0.05, 0.1) is 25.6 Å². The molecule has 1 aromatic heterocycles. The van der Waals surface area contributed by atoms with Crippen molar-refractivity contribution < 1.29 is 4.79 Å². The maximum absolute atomic E-state index is 11.5. The number of aromatic nitrogens is 1. The van der Waals surface area contributed by atoms with Crippen molar-refractivity contribution in [2.75, 3.05) is 0 Å². The highest BCUT2D eigenvalue weighted by atomic mass is 35.5. The van der Waals surface area contributed by atoms with Crippen molar-refractivity contribution in [3.63, 3.8) is 0 Å². The van der Waals surface area contributed by atoms with Gasteiger partial charge in [0, 0.05) is 12.5 Å². The molecule has 5 heteroatoms. The minimum atomic E-state index is 0.0108. The number of hydrogen-bond acceptors (Lipinski definition) is 3. The quantitative estimate of drug-likeness (QED) is 0.753. The van der Waals surface area contributed by atoms with E-state index >= 15 is 0 Å². The molecule has 1 aromatic carbocycles. The maximum atomic E-state index is 11.5. The number of thiazole rings is 1. The van der Waals surface area contributed by atoms with Crippen molar-refractivity contribution in [1.29, 1.82) is 0 Å². The zero-order chi connectivity index (χ0) is 12.6. The molecule has 0 aliphatic rings. The summed E-state index contributed by atoms with van der Waals surface area (Å²) in [6, 6.07) is 5.25. The molecule has 0 amide bonds. The lowest BCUT2D eigenvalue weighted by Crippen LogP contribution is -1.91. The van der Waals surface area contributed by atoms with Crippen LogP contribution in [-0.2, 0) is 0 Å². The second-order valence-corrected chi connectivity index (χ2v) is 5.61. The van der Waals surface area contributed by atoms with E-state index in [1.165, 1.54) is 18.3 Å². The van der Waals surface area contributed by atoms with Crippen molar-refractivity contribution in [3.8, 4) is 11.3 Å². The third kappa shape index (κ3) is 2.51. The Bertz CT molecular complexity index is 592. The van der Waals surface area contributed by atoms with Crippen LogP contribution in [0.15, 0.2) is 18.2 Å². The standard InChI is InChI=1S/C12H9Cl2NOS/c1-6(16)12-11(15-7(2)17-12)8-3-4-9(13)10(14)5-8/h3-5H,1-2H3. The molecule has 2 aromatic rings. The third-order valence-corrected chi connectivity index (χ3v) is 4.06. The van der Waals surface area contributed by atoms with Crippen molar-refractivity contribution >= 4 is 40.3 Å². The van der Waals surface area contributed by atoms with Gasteiger partial charge in [-0.25, -0.2) is 4.98 Å². The van der Waals surface area contributed by atoms with E-state index in [4.69, 9.17) is 23.2 Å². The fourth-order valence-corrected chi connectivity index (χ4v) is 2.64. The topological polar surface area (TPSA) is 30.0 Å². The van der Waals surface area contributed by atoms with Gasteiger partial charge in [0.25, 0.3) is 0 Å². The van der Waals surface area contributed by atoms with Gasteiger partial charge < -0.3 is 0 Å². The molecule has 0 atom stereocenters. The normalized spacial score (nSPS) is 10.6. The summed E-state index contributed by atoms with van der Waals surface area (Å²) in [4.78, 5) is 16.5. The van der Waals surface area contributed by atoms with E-state index in [9.17, 15) is 4.79 Å². The summed E-state index contributed by atoms with van der Waals surface area (Å²) in [7, 11) is 0. The lowest BCUT2D eigenvalue weighted by atomic mass is 10.1. The molecule has 0 saturated carbocycles. The van der Waals surface area contributed by atoms with Gasteiger partial charge in [-0.2, -0.15) is 0 Å². The minimum absolute atomic E-state index is 0.0108. The van der Waals surface area contributed by atoms with Crippen molar-refractivity contribution in [2.45, 2.75) is 13.8 Å². The number of Topliss-reactive ketones (excluding diaryl/α,β-unsaturated/α-hetero) is 1. The van der Waals surface area contributed by atoms with Crippen LogP contribution in [0.1, 0.15) is 21.6 Å². The number of ketones is 1. The second-order valence-electron chi connectivity index (χ2n) is 3.60. The Morgan fingerprint density at radius 3 is 2.59 bits per heavy atom. The van der Waals surface area contributed by atoms with Gasteiger partial charge in [-0.1, -0.05) is 29.3 Å². The van der Waals surface area contributed by atoms with Gasteiger partial charge >= 0.3 is 0 Å². The molecular weight excluding hydrogens is 277 g/mol. The van der Waals surface area contributed by atoms with Crippen LogP contribution in [0.5, 0.6) is 0 Å². The van der Waals surface area contributed by atoms with Crippen molar-refractivity contribution in [3.05, 3.63) is 38.1 Å². The number of halogens is 2. The molecule has 2 rings (SSSR count). The average Bonchev–Trinajstić information content (AvgIpc) is 2.64. The third-order valence-electron chi connectivity index (χ3n) is 2.25. The van der Waals surface area contributed by atoms with Gasteiger partial charge in [-0.3, -0.25) is 4.79 Å². The lowest BCUT2D eigenvalue weighted by Gasteiger charge is -2.01. The van der Waals surface area contributed by atoms with Crippen LogP contribution >= 0.6 is 34.5 Å². The first-order valence-electron chi connectivity index (χ1n) is 4.93. The van der Waals surface area contributed by atoms with Gasteiger partial charge in [-0.15, -0.1) is 11.3 Å². The van der Waals surface area contributed by atoms with Gasteiger partial charge in [-0.05, 0) is 19.1 Å². The van der Waals surface area contributed by atoms with Crippen LogP contribution in [0.2, 0.25) is 10.0 Å². The number of carbonyl (C=O) groups excluding carboxylic acids is 1. The monoisotopic (exact) mass is 285 g/mol. The van der Waals surface area contributed by atoms with Crippen LogP contribution < -0.4 is 0 Å². The summed E-state index contributed by atoms with van der Waals surface area (Å²) < 4.78 is 0. The van der Waals surface area contributed by atoms with Crippen LogP contribution in [0, 0.1) is 6.92 Å². The highest BCUT2D eigenvalue weighted by Crippen LogP contribution is 2.32. The van der Waals surface area contributed by atoms with Gasteiger partial charge in [0.2, 0.25) is 0 Å². The summed E-state index contributed by atoms with van der Waals surface area (Å²) in [5.74, 6) is 0.0108. The smallest absolute Gasteiger partial charge is 0.172 e. The number of rotatable bonds is 2. The maximum Gasteiger partial charge on any atom is 0.172 e. The molecule has 0 aliphatic heterocycles. The van der Waals surface area contributed by atoms with E-state index in [1.807, 2.05) is 13.0 Å². The van der Waals surface area contributed by atoms with Crippen molar-refractivity contribution in [2.24, 2.45) is 0 Å². The second kappa shape index (κ2) is 4.77. The largest absolute Gasteiger partial charge is 0.294 e. The Kier molecular flexibility index (Phi) is 3.52. The number of nitrogens with zero attached hydrogens (tertiary/aromatic N) is 1. The van der Waals surface area contributed by atoms with E-state index in [1.54, 1.807) is 12.1 Å². The number of hydrogen-bond donors (Lipinski definition) is 0. The van der Waals surface area contributed by atoms with Crippen LogP contribution in [0.25, 0.3) is 11.3 Å². The molecule has 2 nitrogen and oxygen atoms in total. The summed E-state index contributed by atoms with van der Waals surface area (Å²) in [6.07, 6.45) is 0. The average molecular weight is 286 g/mol. The van der Waals surface area contributed by atoms with Crippen LogP contribution in [0.3, 0.4) is 0 Å². The molecule has 0 bridgehead atoms. The first-order valence-corrected chi connectivity index (χ1v) is 6.50. The molecule has 0 N–H and O–H groups in total. The number of aryl methyl sites for hydroxylation is 1.